The van der Waals surface area contributed by atoms with Crippen molar-refractivity contribution in [1.82, 2.24) is 24.8 Å². The average molecular weight is 400 g/mol. The van der Waals surface area contributed by atoms with Crippen LogP contribution in [0, 0.1) is 0 Å². The molecule has 4 rings (SSSR count). The van der Waals surface area contributed by atoms with E-state index in [1.54, 1.807) is 42.3 Å². The van der Waals surface area contributed by atoms with Crippen LogP contribution in [0.15, 0.2) is 48.9 Å². The Hall–Kier alpha value is -3.53. The van der Waals surface area contributed by atoms with Crippen LogP contribution in [-0.2, 0) is 19.8 Å². The van der Waals surface area contributed by atoms with Crippen molar-refractivity contribution in [2.24, 2.45) is 12.9 Å². The minimum Gasteiger partial charge on any atom is -0.271 e. The van der Waals surface area contributed by atoms with Gasteiger partial charge in [0, 0.05) is 35.8 Å². The van der Waals surface area contributed by atoms with Crippen molar-refractivity contribution in [3.05, 3.63) is 65.7 Å². The van der Waals surface area contributed by atoms with Gasteiger partial charge in [-0.3, -0.25) is 24.5 Å². The summed E-state index contributed by atoms with van der Waals surface area (Å²) in [5.41, 5.74) is 1.23. The Balaban J connectivity index is 1.61. The van der Waals surface area contributed by atoms with Crippen LogP contribution < -0.4 is 5.84 Å². The Morgan fingerprint density at radius 1 is 1.14 bits per heavy atom. The molecule has 1 aromatic carbocycles. The van der Waals surface area contributed by atoms with E-state index >= 15 is 0 Å². The lowest BCUT2D eigenvalue weighted by Crippen LogP contribution is -2.37. The molecule has 0 aliphatic heterocycles. The topological polar surface area (TPSA) is 89.9 Å². The highest BCUT2D eigenvalue weighted by Gasteiger charge is 2.30. The molecule has 29 heavy (non-hydrogen) atoms. The third-order valence-electron chi connectivity index (χ3n) is 4.55. The molecule has 148 valence electrons. The molecule has 0 saturated carbocycles. The fourth-order valence-corrected chi connectivity index (χ4v) is 3.09. The van der Waals surface area contributed by atoms with Crippen LogP contribution in [0.5, 0.6) is 0 Å². The number of alkyl halides is 3. The molecule has 10 heteroatoms. The highest BCUT2D eigenvalue weighted by molar-refractivity contribution is 6.06. The van der Waals surface area contributed by atoms with Crippen LogP contribution in [0.25, 0.3) is 21.8 Å². The Labute approximate surface area is 162 Å². The van der Waals surface area contributed by atoms with E-state index in [9.17, 15) is 18.0 Å². The van der Waals surface area contributed by atoms with Crippen molar-refractivity contribution in [3.63, 3.8) is 0 Å². The first kappa shape index (κ1) is 18.8. The van der Waals surface area contributed by atoms with E-state index in [2.05, 4.69) is 15.1 Å². The number of amides is 1. The number of carbonyl (C=O) groups excluding carboxylic acids is 1. The molecule has 1 amide bonds. The predicted octanol–water partition coefficient (Wildman–Crippen LogP) is 3.05. The quantitative estimate of drug-likeness (QED) is 0.324. The molecule has 2 N–H and O–H groups in total. The molecule has 0 bridgehead atoms. The van der Waals surface area contributed by atoms with E-state index in [1.807, 2.05) is 0 Å². The minimum absolute atomic E-state index is 0.136. The van der Waals surface area contributed by atoms with E-state index in [0.717, 1.165) is 27.4 Å². The van der Waals surface area contributed by atoms with Crippen molar-refractivity contribution in [2.75, 3.05) is 0 Å². The van der Waals surface area contributed by atoms with Gasteiger partial charge in [-0.05, 0) is 30.3 Å². The van der Waals surface area contributed by atoms with E-state index in [0.29, 0.717) is 17.3 Å². The summed E-state index contributed by atoms with van der Waals surface area (Å²) in [4.78, 5) is 20.8. The lowest BCUT2D eigenvalue weighted by molar-refractivity contribution is -0.137. The van der Waals surface area contributed by atoms with Gasteiger partial charge in [0.1, 0.15) is 0 Å². The number of carbonyl (C=O) groups is 1. The van der Waals surface area contributed by atoms with Gasteiger partial charge in [0.25, 0.3) is 5.91 Å². The summed E-state index contributed by atoms with van der Waals surface area (Å²) < 4.78 is 39.6. The maximum Gasteiger partial charge on any atom is 0.417 e. The third-order valence-corrected chi connectivity index (χ3v) is 4.55. The highest BCUT2D eigenvalue weighted by Crippen LogP contribution is 2.28. The summed E-state index contributed by atoms with van der Waals surface area (Å²) in [6.45, 7) is -0.136. The normalized spacial score (nSPS) is 11.9. The van der Waals surface area contributed by atoms with Gasteiger partial charge in [-0.2, -0.15) is 18.3 Å². The number of halogens is 3. The number of nitrogens with two attached hydrogens (primary N) is 1. The molecule has 7 nitrogen and oxygen atoms in total. The third kappa shape index (κ3) is 3.49. The largest absolute Gasteiger partial charge is 0.417 e. The molecule has 0 aliphatic carbocycles. The first-order valence-electron chi connectivity index (χ1n) is 8.53. The van der Waals surface area contributed by atoms with E-state index in [-0.39, 0.29) is 12.2 Å². The molecule has 0 fully saturated rings. The number of nitrogens with zero attached hydrogens (tertiary/aromatic N) is 5. The van der Waals surface area contributed by atoms with Gasteiger partial charge in [0.15, 0.2) is 0 Å². The van der Waals surface area contributed by atoms with Crippen molar-refractivity contribution < 1.29 is 18.0 Å². The van der Waals surface area contributed by atoms with Crippen LogP contribution in [0.1, 0.15) is 21.6 Å². The summed E-state index contributed by atoms with van der Waals surface area (Å²) in [5, 5.41) is 6.70. The zero-order valence-electron chi connectivity index (χ0n) is 15.2. The van der Waals surface area contributed by atoms with Crippen molar-refractivity contribution >= 4 is 27.7 Å². The second-order valence-corrected chi connectivity index (χ2v) is 6.53. The standard InChI is InChI=1S/C19H15F3N6O/c1-27-17-12(8-26-27)7-25-16-5-2-11(6-15(16)17)18(29)28(23)10-14-4-3-13(9-24-14)19(20,21)22/h2-9H,10,23H2,1H3. The highest BCUT2D eigenvalue weighted by atomic mass is 19.4. The van der Waals surface area contributed by atoms with Crippen LogP contribution >= 0.6 is 0 Å². The fourth-order valence-electron chi connectivity index (χ4n) is 3.09. The number of hydrogen-bond acceptors (Lipinski definition) is 5. The van der Waals surface area contributed by atoms with Gasteiger partial charge in [-0.25, -0.2) is 5.84 Å². The van der Waals surface area contributed by atoms with Gasteiger partial charge in [-0.15, -0.1) is 0 Å². The number of pyridine rings is 2. The molecule has 3 aromatic heterocycles. The van der Waals surface area contributed by atoms with Crippen LogP contribution in [0.2, 0.25) is 0 Å². The maximum absolute atomic E-state index is 12.7. The fraction of sp³-hybridized carbons (Fsp3) is 0.158. The van der Waals surface area contributed by atoms with Crippen molar-refractivity contribution in [1.29, 1.82) is 0 Å². The van der Waals surface area contributed by atoms with Gasteiger partial charge >= 0.3 is 6.18 Å². The molecule has 0 unspecified atom stereocenters. The summed E-state index contributed by atoms with van der Waals surface area (Å²) in [7, 11) is 1.79. The summed E-state index contributed by atoms with van der Waals surface area (Å²) in [6, 6.07) is 7.08. The van der Waals surface area contributed by atoms with E-state index < -0.39 is 17.6 Å². The maximum atomic E-state index is 12.7. The zero-order chi connectivity index (χ0) is 20.8. The van der Waals surface area contributed by atoms with Crippen LogP contribution in [0.4, 0.5) is 13.2 Å². The van der Waals surface area contributed by atoms with Crippen LogP contribution in [-0.4, -0.2) is 30.7 Å². The van der Waals surface area contributed by atoms with Crippen molar-refractivity contribution in [3.8, 4) is 0 Å². The number of fused-ring (bicyclic) bond motifs is 3. The predicted molar refractivity (Wildman–Crippen MR) is 99.3 cm³/mol. The number of benzene rings is 1. The monoisotopic (exact) mass is 400 g/mol. The van der Waals surface area contributed by atoms with Crippen molar-refractivity contribution in [2.45, 2.75) is 12.7 Å². The number of hydrazine groups is 1. The molecular formula is C19H15F3N6O. The molecule has 3 heterocycles. The first-order valence-corrected chi connectivity index (χ1v) is 8.53. The smallest absolute Gasteiger partial charge is 0.271 e. The summed E-state index contributed by atoms with van der Waals surface area (Å²) >= 11 is 0. The molecule has 0 atom stereocenters. The first-order chi connectivity index (χ1) is 13.7. The Morgan fingerprint density at radius 3 is 2.62 bits per heavy atom. The Kier molecular flexibility index (Phi) is 4.42. The number of hydrogen-bond donors (Lipinski definition) is 1. The summed E-state index contributed by atoms with van der Waals surface area (Å²) in [6.07, 6.45) is -0.367. The second-order valence-electron chi connectivity index (χ2n) is 6.53. The molecule has 4 aromatic rings. The number of aryl methyl sites for hydroxylation is 1. The second kappa shape index (κ2) is 6.82. The Bertz CT molecular complexity index is 1220. The lowest BCUT2D eigenvalue weighted by atomic mass is 10.1. The minimum atomic E-state index is -4.47. The Morgan fingerprint density at radius 2 is 1.93 bits per heavy atom. The molecule has 0 saturated heterocycles. The van der Waals surface area contributed by atoms with Crippen LogP contribution in [0.3, 0.4) is 0 Å². The van der Waals surface area contributed by atoms with Gasteiger partial charge in [0.05, 0.1) is 35.0 Å². The van der Waals surface area contributed by atoms with Gasteiger partial charge in [-0.1, -0.05) is 0 Å². The van der Waals surface area contributed by atoms with Gasteiger partial charge < -0.3 is 0 Å². The molecule has 0 aliphatic rings. The molecular weight excluding hydrogens is 385 g/mol. The number of rotatable bonds is 3. The number of aromatic nitrogens is 4. The van der Waals surface area contributed by atoms with E-state index in [1.165, 1.54) is 6.07 Å². The molecule has 0 radical (unpaired) electrons. The zero-order valence-corrected chi connectivity index (χ0v) is 15.2. The van der Waals surface area contributed by atoms with E-state index in [4.69, 9.17) is 5.84 Å². The SMILES string of the molecule is Cn1ncc2cnc3ccc(C(=O)N(N)Cc4ccc(C(F)(F)F)cn4)cc3c21. The molecule has 0 spiro atoms. The average Bonchev–Trinajstić information content (AvgIpc) is 3.08. The lowest BCUT2D eigenvalue weighted by Gasteiger charge is -2.17. The van der Waals surface area contributed by atoms with Gasteiger partial charge in [0.2, 0.25) is 0 Å². The summed E-state index contributed by atoms with van der Waals surface area (Å²) in [5.74, 6) is 5.37.